The van der Waals surface area contributed by atoms with Crippen LogP contribution in [-0.4, -0.2) is 53.7 Å². The fraction of sp³-hybridized carbons (Fsp3) is 0.684. The summed E-state index contributed by atoms with van der Waals surface area (Å²) < 4.78 is 12.1. The van der Waals surface area contributed by atoms with E-state index in [0.717, 1.165) is 36.8 Å². The highest BCUT2D eigenvalue weighted by molar-refractivity contribution is 5.78. The van der Waals surface area contributed by atoms with Crippen molar-refractivity contribution in [1.82, 2.24) is 9.88 Å². The van der Waals surface area contributed by atoms with Crippen LogP contribution in [-0.2, 0) is 9.53 Å². The van der Waals surface area contributed by atoms with Crippen molar-refractivity contribution in [3.8, 4) is 5.88 Å². The van der Waals surface area contributed by atoms with Crippen LogP contribution in [0.4, 0.5) is 0 Å². The highest BCUT2D eigenvalue weighted by Gasteiger charge is 2.38. The molecule has 1 saturated heterocycles. The average Bonchev–Trinajstić information content (AvgIpc) is 3.08. The molecule has 8 heteroatoms. The van der Waals surface area contributed by atoms with Crippen molar-refractivity contribution < 1.29 is 14.3 Å². The quantitative estimate of drug-likeness (QED) is 0.430. The lowest BCUT2D eigenvalue weighted by molar-refractivity contribution is -0.136. The molecular formula is C19H25N5O3. The van der Waals surface area contributed by atoms with Crippen molar-refractivity contribution in [1.29, 1.82) is 0 Å². The van der Waals surface area contributed by atoms with Gasteiger partial charge in [0.15, 0.2) is 6.61 Å². The number of ether oxygens (including phenoxy) is 2. The first-order valence-corrected chi connectivity index (χ1v) is 9.71. The lowest BCUT2D eigenvalue weighted by Crippen LogP contribution is -2.44. The number of fused-ring (bicyclic) bond motifs is 5. The number of nitrogens with zero attached hydrogens (tertiary/aromatic N) is 5. The number of azide groups is 1. The molecule has 0 radical (unpaired) electrons. The lowest BCUT2D eigenvalue weighted by atomic mass is 9.81. The Morgan fingerprint density at radius 3 is 2.89 bits per heavy atom. The van der Waals surface area contributed by atoms with Crippen molar-refractivity contribution in [2.75, 3.05) is 19.8 Å². The number of pyridine rings is 1. The molecule has 144 valence electrons. The zero-order valence-corrected chi connectivity index (χ0v) is 15.6. The van der Waals surface area contributed by atoms with Gasteiger partial charge in [0.25, 0.3) is 5.91 Å². The Hall–Kier alpha value is -2.31. The lowest BCUT2D eigenvalue weighted by Gasteiger charge is -2.31. The number of amides is 1. The summed E-state index contributed by atoms with van der Waals surface area (Å²) in [5, 5.41) is 3.89. The summed E-state index contributed by atoms with van der Waals surface area (Å²) >= 11 is 0. The van der Waals surface area contributed by atoms with Crippen LogP contribution in [0.2, 0.25) is 0 Å². The van der Waals surface area contributed by atoms with Gasteiger partial charge in [0, 0.05) is 23.2 Å². The third kappa shape index (κ3) is 3.59. The van der Waals surface area contributed by atoms with Crippen LogP contribution >= 0.6 is 0 Å². The molecule has 1 amide bonds. The van der Waals surface area contributed by atoms with E-state index < -0.39 is 0 Å². The molecule has 1 saturated carbocycles. The number of carbonyl (C=O) groups excluding carboxylic acids is 1. The van der Waals surface area contributed by atoms with Crippen molar-refractivity contribution in [2.45, 2.75) is 63.1 Å². The first-order valence-electron chi connectivity index (χ1n) is 9.71. The van der Waals surface area contributed by atoms with E-state index in [-0.39, 0.29) is 30.7 Å². The zero-order chi connectivity index (χ0) is 18.8. The van der Waals surface area contributed by atoms with Gasteiger partial charge < -0.3 is 14.4 Å². The molecule has 0 spiro atoms. The van der Waals surface area contributed by atoms with Crippen LogP contribution in [0.1, 0.15) is 49.1 Å². The fourth-order valence-electron chi connectivity index (χ4n) is 4.67. The molecule has 4 heterocycles. The van der Waals surface area contributed by atoms with Crippen LogP contribution in [0.3, 0.4) is 0 Å². The first-order chi connectivity index (χ1) is 13.2. The van der Waals surface area contributed by atoms with E-state index in [1.807, 2.05) is 6.07 Å². The van der Waals surface area contributed by atoms with Gasteiger partial charge in [-0.2, -0.15) is 0 Å². The van der Waals surface area contributed by atoms with Gasteiger partial charge in [-0.15, -0.1) is 0 Å². The Kier molecular flexibility index (Phi) is 5.18. The zero-order valence-electron chi connectivity index (χ0n) is 15.6. The molecule has 1 aliphatic carbocycles. The summed E-state index contributed by atoms with van der Waals surface area (Å²) in [6.45, 7) is 2.99. The monoisotopic (exact) mass is 371 g/mol. The predicted molar refractivity (Wildman–Crippen MR) is 98.5 cm³/mol. The smallest absolute Gasteiger partial charge is 0.260 e. The third-order valence-corrected chi connectivity index (χ3v) is 6.12. The molecule has 1 aromatic heterocycles. The van der Waals surface area contributed by atoms with Gasteiger partial charge in [-0.3, -0.25) is 4.79 Å². The molecule has 0 unspecified atom stereocenters. The molecule has 4 aliphatic rings. The number of hydrogen-bond acceptors (Lipinski definition) is 5. The summed E-state index contributed by atoms with van der Waals surface area (Å²) in [6, 6.07) is 1.54. The van der Waals surface area contributed by atoms with Gasteiger partial charge in [0.1, 0.15) is 0 Å². The topological polar surface area (TPSA) is 100 Å². The molecule has 3 aliphatic heterocycles. The van der Waals surface area contributed by atoms with Crippen LogP contribution in [0.5, 0.6) is 5.88 Å². The summed E-state index contributed by atoms with van der Waals surface area (Å²) in [5.74, 6) is 0.856. The van der Waals surface area contributed by atoms with Crippen molar-refractivity contribution >= 4 is 5.91 Å². The molecule has 27 heavy (non-hydrogen) atoms. The van der Waals surface area contributed by atoms with E-state index in [4.69, 9.17) is 15.0 Å². The molecular weight excluding hydrogens is 346 g/mol. The molecule has 0 aromatic carbocycles. The molecule has 2 bridgehead atoms. The number of carbonyl (C=O) groups is 1. The highest BCUT2D eigenvalue weighted by Crippen LogP contribution is 2.39. The van der Waals surface area contributed by atoms with Gasteiger partial charge in [0.2, 0.25) is 5.88 Å². The molecule has 2 atom stereocenters. The SMILES string of the molecule is Cc1ccnc2c1C1CCC(CC1)OC[C@H]1[C@@H](N=[N+]=[N-])CCN1C(=O)CO2. The Morgan fingerprint density at radius 2 is 2.11 bits per heavy atom. The fourth-order valence-corrected chi connectivity index (χ4v) is 4.67. The summed E-state index contributed by atoms with van der Waals surface area (Å²) in [7, 11) is 0. The minimum absolute atomic E-state index is 0.0565. The van der Waals surface area contributed by atoms with E-state index in [9.17, 15) is 4.79 Å². The standard InChI is InChI=1S/C19H25N5O3/c1-12-6-8-21-19-18(12)13-2-4-14(5-3-13)26-10-16-15(22-23-20)7-9-24(16)17(25)11-27-19/h6,8,13-16H,2-5,7,9-11H2,1H3/t13?,14?,15-,16-/m0/s1. The van der Waals surface area contributed by atoms with E-state index in [0.29, 0.717) is 31.4 Å². The molecule has 1 aromatic rings. The number of aryl methyl sites for hydroxylation is 1. The van der Waals surface area contributed by atoms with E-state index in [2.05, 4.69) is 21.9 Å². The first kappa shape index (κ1) is 18.1. The second kappa shape index (κ2) is 7.74. The van der Waals surface area contributed by atoms with E-state index in [1.54, 1.807) is 11.1 Å². The maximum atomic E-state index is 12.8. The maximum Gasteiger partial charge on any atom is 0.260 e. The van der Waals surface area contributed by atoms with Crippen LogP contribution in [0, 0.1) is 6.92 Å². The van der Waals surface area contributed by atoms with Crippen LogP contribution in [0.25, 0.3) is 10.4 Å². The number of rotatable bonds is 1. The van der Waals surface area contributed by atoms with E-state index in [1.165, 1.54) is 0 Å². The second-order valence-corrected chi connectivity index (χ2v) is 7.66. The Morgan fingerprint density at radius 1 is 1.30 bits per heavy atom. The number of hydrogen-bond donors (Lipinski definition) is 0. The van der Waals surface area contributed by atoms with Gasteiger partial charge in [-0.1, -0.05) is 5.11 Å². The average molecular weight is 371 g/mol. The normalized spacial score (nSPS) is 30.9. The van der Waals surface area contributed by atoms with Crippen molar-refractivity contribution in [2.24, 2.45) is 5.11 Å². The molecule has 0 N–H and O–H groups in total. The predicted octanol–water partition coefficient (Wildman–Crippen LogP) is 3.11. The van der Waals surface area contributed by atoms with Crippen LogP contribution < -0.4 is 4.74 Å². The minimum Gasteiger partial charge on any atom is -0.467 e. The highest BCUT2D eigenvalue weighted by atomic mass is 16.5. The largest absolute Gasteiger partial charge is 0.467 e. The third-order valence-electron chi connectivity index (χ3n) is 6.12. The maximum absolute atomic E-state index is 12.8. The Labute approximate surface area is 158 Å². The van der Waals surface area contributed by atoms with Gasteiger partial charge in [-0.25, -0.2) is 4.98 Å². The summed E-state index contributed by atoms with van der Waals surface area (Å²) in [4.78, 5) is 21.9. The van der Waals surface area contributed by atoms with Gasteiger partial charge in [0.05, 0.1) is 24.8 Å². The van der Waals surface area contributed by atoms with Gasteiger partial charge >= 0.3 is 0 Å². The van der Waals surface area contributed by atoms with E-state index >= 15 is 0 Å². The minimum atomic E-state index is -0.243. The summed E-state index contributed by atoms with van der Waals surface area (Å²) in [5.41, 5.74) is 11.1. The second-order valence-electron chi connectivity index (χ2n) is 7.66. The Balaban J connectivity index is 1.64. The molecule has 8 nitrogen and oxygen atoms in total. The van der Waals surface area contributed by atoms with Crippen molar-refractivity contribution in [3.63, 3.8) is 0 Å². The summed E-state index contributed by atoms with van der Waals surface area (Å²) in [6.07, 6.45) is 6.58. The van der Waals surface area contributed by atoms with Crippen molar-refractivity contribution in [3.05, 3.63) is 33.8 Å². The van der Waals surface area contributed by atoms with Crippen LogP contribution in [0.15, 0.2) is 17.4 Å². The van der Waals surface area contributed by atoms with Gasteiger partial charge in [-0.05, 0) is 62.1 Å². The molecule has 2 fully saturated rings. The Bertz CT molecular complexity index is 756. The number of aromatic nitrogens is 1. The molecule has 5 rings (SSSR count).